The number of nitrogens with one attached hydrogen (secondary N) is 1. The zero-order chi connectivity index (χ0) is 19.2. The maximum absolute atomic E-state index is 12.9. The lowest BCUT2D eigenvalue weighted by Gasteiger charge is -2.05. The molecule has 0 atom stereocenters. The molecule has 0 amide bonds. The molecule has 2 aromatic carbocycles. The molecule has 0 radical (unpaired) electrons. The number of hydrogen-bond donors (Lipinski definition) is 1. The number of hydrogen-bond acceptors (Lipinski definition) is 6. The van der Waals surface area contributed by atoms with Crippen LogP contribution in [-0.2, 0) is 0 Å². The Balaban J connectivity index is 1.44. The molecule has 27 heavy (non-hydrogen) atoms. The van der Waals surface area contributed by atoms with Crippen LogP contribution >= 0.6 is 23.1 Å². The molecule has 0 aliphatic rings. The van der Waals surface area contributed by atoms with E-state index in [4.69, 9.17) is 0 Å². The van der Waals surface area contributed by atoms with Gasteiger partial charge in [0, 0.05) is 23.4 Å². The van der Waals surface area contributed by atoms with Gasteiger partial charge in [0.2, 0.25) is 5.13 Å². The van der Waals surface area contributed by atoms with Gasteiger partial charge in [-0.15, -0.1) is 10.2 Å². The zero-order valence-electron chi connectivity index (χ0n) is 15.2. The van der Waals surface area contributed by atoms with Gasteiger partial charge >= 0.3 is 0 Å². The van der Waals surface area contributed by atoms with Crippen LogP contribution in [0.3, 0.4) is 0 Å². The van der Waals surface area contributed by atoms with Gasteiger partial charge in [-0.2, -0.15) is 0 Å². The molecule has 0 aliphatic heterocycles. The summed E-state index contributed by atoms with van der Waals surface area (Å²) in [4.78, 5) is 12.1. The number of anilines is 2. The minimum Gasteiger partial charge on any atom is -0.330 e. The van der Waals surface area contributed by atoms with E-state index in [1.165, 1.54) is 46.7 Å². The second kappa shape index (κ2) is 9.10. The van der Waals surface area contributed by atoms with E-state index in [1.807, 2.05) is 6.07 Å². The summed E-state index contributed by atoms with van der Waals surface area (Å²) in [6.45, 7) is 4.16. The fourth-order valence-corrected chi connectivity index (χ4v) is 4.22. The number of benzene rings is 2. The van der Waals surface area contributed by atoms with Crippen molar-refractivity contribution in [2.24, 2.45) is 0 Å². The Morgan fingerprint density at radius 2 is 1.89 bits per heavy atom. The van der Waals surface area contributed by atoms with Crippen LogP contribution in [0, 0.1) is 19.7 Å². The number of thioether (sulfide) groups is 1. The van der Waals surface area contributed by atoms with Crippen LogP contribution in [0.2, 0.25) is 0 Å². The fourth-order valence-electron chi connectivity index (χ4n) is 2.43. The van der Waals surface area contributed by atoms with E-state index in [-0.39, 0.29) is 11.6 Å². The lowest BCUT2D eigenvalue weighted by Crippen LogP contribution is -1.99. The Kier molecular flexibility index (Phi) is 6.58. The van der Waals surface area contributed by atoms with Gasteiger partial charge < -0.3 is 5.32 Å². The maximum Gasteiger partial charge on any atom is 0.210 e. The molecule has 0 bridgehead atoms. The Morgan fingerprint density at radius 1 is 1.11 bits per heavy atom. The van der Waals surface area contributed by atoms with Gasteiger partial charge in [-0.05, 0) is 67.8 Å². The van der Waals surface area contributed by atoms with Crippen molar-refractivity contribution in [3.63, 3.8) is 0 Å². The lowest BCUT2D eigenvalue weighted by atomic mass is 10.1. The van der Waals surface area contributed by atoms with Crippen molar-refractivity contribution in [3.05, 3.63) is 65.0 Å². The fraction of sp³-hybridized carbons (Fsp3) is 0.250. The first kappa shape index (κ1) is 19.5. The second-order valence-electron chi connectivity index (χ2n) is 6.18. The Morgan fingerprint density at radius 3 is 2.63 bits per heavy atom. The summed E-state index contributed by atoms with van der Waals surface area (Å²) in [5.41, 5.74) is 4.03. The highest BCUT2D eigenvalue weighted by atomic mass is 32.2. The summed E-state index contributed by atoms with van der Waals surface area (Å²) >= 11 is 3.09. The first-order chi connectivity index (χ1) is 13.0. The minimum atomic E-state index is -0.330. The molecule has 4 nitrogen and oxygen atoms in total. The SMILES string of the molecule is Cc1ccc(Nc2nnc(SCCCC(=O)c3ccc(F)cc3)s2)cc1C. The van der Waals surface area contributed by atoms with Gasteiger partial charge in [-0.1, -0.05) is 29.2 Å². The van der Waals surface area contributed by atoms with Gasteiger partial charge in [-0.3, -0.25) is 4.79 Å². The van der Waals surface area contributed by atoms with E-state index in [0.29, 0.717) is 12.0 Å². The van der Waals surface area contributed by atoms with Gasteiger partial charge in [0.25, 0.3) is 0 Å². The predicted molar refractivity (Wildman–Crippen MR) is 110 cm³/mol. The molecule has 0 saturated heterocycles. The molecule has 3 aromatic rings. The third kappa shape index (κ3) is 5.61. The summed E-state index contributed by atoms with van der Waals surface area (Å²) < 4.78 is 13.8. The molecule has 0 unspecified atom stereocenters. The average Bonchev–Trinajstić information content (AvgIpc) is 3.09. The monoisotopic (exact) mass is 401 g/mol. The van der Waals surface area contributed by atoms with E-state index in [1.54, 1.807) is 11.8 Å². The van der Waals surface area contributed by atoms with E-state index in [0.717, 1.165) is 27.3 Å². The molecular weight excluding hydrogens is 381 g/mol. The van der Waals surface area contributed by atoms with E-state index < -0.39 is 0 Å². The molecule has 0 aliphatic carbocycles. The Hall–Kier alpha value is -2.25. The van der Waals surface area contributed by atoms with E-state index >= 15 is 0 Å². The number of ketones is 1. The second-order valence-corrected chi connectivity index (χ2v) is 8.50. The largest absolute Gasteiger partial charge is 0.330 e. The molecule has 0 fully saturated rings. The molecule has 1 N–H and O–H groups in total. The van der Waals surface area contributed by atoms with Crippen LogP contribution in [0.5, 0.6) is 0 Å². The number of rotatable bonds is 8. The van der Waals surface area contributed by atoms with Crippen molar-refractivity contribution >= 4 is 39.7 Å². The molecule has 140 valence electrons. The zero-order valence-corrected chi connectivity index (χ0v) is 16.8. The topological polar surface area (TPSA) is 54.9 Å². The first-order valence-corrected chi connectivity index (χ1v) is 10.4. The molecule has 3 rings (SSSR count). The highest BCUT2D eigenvalue weighted by Gasteiger charge is 2.08. The van der Waals surface area contributed by atoms with Gasteiger partial charge in [0.05, 0.1) is 0 Å². The molecule has 1 aromatic heterocycles. The van der Waals surface area contributed by atoms with Crippen molar-refractivity contribution < 1.29 is 9.18 Å². The maximum atomic E-state index is 12.9. The van der Waals surface area contributed by atoms with E-state index in [2.05, 4.69) is 41.5 Å². The summed E-state index contributed by atoms with van der Waals surface area (Å²) in [7, 11) is 0. The van der Waals surface area contributed by atoms with Crippen molar-refractivity contribution in [2.45, 2.75) is 31.0 Å². The van der Waals surface area contributed by atoms with Crippen LogP contribution in [-0.4, -0.2) is 21.7 Å². The summed E-state index contributed by atoms with van der Waals surface area (Å²) in [6.07, 6.45) is 1.17. The number of aromatic nitrogens is 2. The standard InChI is InChI=1S/C20H20FN3OS2/c1-13-5-10-17(12-14(13)2)22-19-23-24-20(27-19)26-11-3-4-18(25)15-6-8-16(21)9-7-15/h5-10,12H,3-4,11H2,1-2H3,(H,22,23). The van der Waals surface area contributed by atoms with Crippen molar-refractivity contribution in [1.82, 2.24) is 10.2 Å². The summed E-state index contributed by atoms with van der Waals surface area (Å²) in [6, 6.07) is 11.9. The number of carbonyl (C=O) groups excluding carboxylic acids is 1. The third-order valence-corrected chi connectivity index (χ3v) is 6.16. The van der Waals surface area contributed by atoms with Gasteiger partial charge in [0.15, 0.2) is 10.1 Å². The number of halogens is 1. The average molecular weight is 402 g/mol. The highest BCUT2D eigenvalue weighted by molar-refractivity contribution is 8.01. The normalized spacial score (nSPS) is 10.8. The van der Waals surface area contributed by atoms with Gasteiger partial charge in [0.1, 0.15) is 5.82 Å². The van der Waals surface area contributed by atoms with Crippen LogP contribution in [0.1, 0.15) is 34.3 Å². The molecular formula is C20H20FN3OS2. The summed E-state index contributed by atoms with van der Waals surface area (Å²) in [5.74, 6) is 0.485. The highest BCUT2D eigenvalue weighted by Crippen LogP contribution is 2.29. The molecule has 7 heteroatoms. The third-order valence-electron chi connectivity index (χ3n) is 4.10. The Labute approximate surface area is 166 Å². The van der Waals surface area contributed by atoms with Crippen molar-refractivity contribution in [1.29, 1.82) is 0 Å². The first-order valence-electron chi connectivity index (χ1n) is 8.60. The lowest BCUT2D eigenvalue weighted by molar-refractivity contribution is 0.0982. The molecule has 0 spiro atoms. The number of aryl methyl sites for hydroxylation is 2. The van der Waals surface area contributed by atoms with E-state index in [9.17, 15) is 9.18 Å². The predicted octanol–water partition coefficient (Wildman–Crippen LogP) is 5.79. The van der Waals surface area contributed by atoms with Gasteiger partial charge in [-0.25, -0.2) is 4.39 Å². The van der Waals surface area contributed by atoms with Crippen molar-refractivity contribution in [2.75, 3.05) is 11.1 Å². The number of carbonyl (C=O) groups is 1. The number of Topliss-reactive ketones (excluding diaryl/α,β-unsaturated/α-hetero) is 1. The van der Waals surface area contributed by atoms with Crippen LogP contribution in [0.25, 0.3) is 0 Å². The molecule has 0 saturated carbocycles. The van der Waals surface area contributed by atoms with Crippen molar-refractivity contribution in [3.8, 4) is 0 Å². The van der Waals surface area contributed by atoms with Crippen LogP contribution in [0.15, 0.2) is 46.8 Å². The van der Waals surface area contributed by atoms with Crippen LogP contribution in [0.4, 0.5) is 15.2 Å². The smallest absolute Gasteiger partial charge is 0.210 e. The molecule has 1 heterocycles. The quantitative estimate of drug-likeness (QED) is 0.294. The number of nitrogens with zero attached hydrogens (tertiary/aromatic N) is 2. The van der Waals surface area contributed by atoms with Crippen LogP contribution < -0.4 is 5.32 Å². The summed E-state index contributed by atoms with van der Waals surface area (Å²) in [5, 5.41) is 12.4. The Bertz CT molecular complexity index is 925. The minimum absolute atomic E-state index is 0.0324.